The highest BCUT2D eigenvalue weighted by Crippen LogP contribution is 2.32. The number of hydrogen-bond acceptors (Lipinski definition) is 8. The first kappa shape index (κ1) is 28.6. The molecule has 3 aromatic carbocycles. The second-order valence-corrected chi connectivity index (χ2v) is 10.9. The summed E-state index contributed by atoms with van der Waals surface area (Å²) in [6.07, 6.45) is 3.86. The van der Waals surface area contributed by atoms with Crippen LogP contribution in [0.15, 0.2) is 85.1 Å². The summed E-state index contributed by atoms with van der Waals surface area (Å²) in [5, 5.41) is 5.71. The average Bonchev–Trinajstić information content (AvgIpc) is 3.48. The minimum Gasteiger partial charge on any atom is -0.399 e. The molecule has 0 atom stereocenters. The van der Waals surface area contributed by atoms with Crippen molar-refractivity contribution in [2.24, 2.45) is 0 Å². The summed E-state index contributed by atoms with van der Waals surface area (Å²) in [6, 6.07) is 25.1. The predicted molar refractivity (Wildman–Crippen MR) is 169 cm³/mol. The van der Waals surface area contributed by atoms with Gasteiger partial charge >= 0.3 is 0 Å². The minimum atomic E-state index is -0.469. The number of ether oxygens (including phenoxy) is 1. The number of fused-ring (bicyclic) bond motifs is 1. The molecule has 0 saturated carbocycles. The number of nitrogens with zero attached hydrogens (tertiary/aromatic N) is 6. The van der Waals surface area contributed by atoms with E-state index in [0.717, 1.165) is 68.1 Å². The highest BCUT2D eigenvalue weighted by Gasteiger charge is 2.26. The molecule has 0 aliphatic carbocycles. The van der Waals surface area contributed by atoms with Gasteiger partial charge in [0, 0.05) is 44.0 Å². The molecule has 43 heavy (non-hydrogen) atoms. The Balaban J connectivity index is 0.000000415. The summed E-state index contributed by atoms with van der Waals surface area (Å²) in [4.78, 5) is 14.5. The summed E-state index contributed by atoms with van der Waals surface area (Å²) in [5.74, 6) is 0.831. The van der Waals surface area contributed by atoms with E-state index < -0.39 is 5.82 Å². The van der Waals surface area contributed by atoms with Crippen LogP contribution in [-0.2, 0) is 11.3 Å². The maximum absolute atomic E-state index is 14.3. The number of aromatic nitrogens is 4. The van der Waals surface area contributed by atoms with E-state index in [1.807, 2.05) is 36.5 Å². The number of nitrogen functional groups attached to an aromatic ring is 2. The molecule has 9 nitrogen and oxygen atoms in total. The lowest BCUT2D eigenvalue weighted by Gasteiger charge is -2.32. The van der Waals surface area contributed by atoms with E-state index in [2.05, 4.69) is 44.8 Å². The Morgan fingerprint density at radius 1 is 0.837 bits per heavy atom. The van der Waals surface area contributed by atoms with Crippen molar-refractivity contribution in [3.63, 3.8) is 0 Å². The number of likely N-dealkylation sites (tertiary alicyclic amines) is 1. The van der Waals surface area contributed by atoms with Crippen LogP contribution < -0.4 is 16.4 Å². The van der Waals surface area contributed by atoms with Crippen molar-refractivity contribution in [3.8, 4) is 11.4 Å². The van der Waals surface area contributed by atoms with Crippen LogP contribution in [0.2, 0.25) is 0 Å². The lowest BCUT2D eigenvalue weighted by Crippen LogP contribution is -2.37. The molecule has 0 amide bonds. The molecule has 4 N–H and O–H groups in total. The molecule has 0 unspecified atom stereocenters. The summed E-state index contributed by atoms with van der Waals surface area (Å²) < 4.78 is 21.9. The summed E-state index contributed by atoms with van der Waals surface area (Å²) in [6.45, 7) is 5.73. The molecule has 7 rings (SSSR count). The molecule has 0 spiro atoms. The van der Waals surface area contributed by atoms with Gasteiger partial charge in [-0.15, -0.1) is 0 Å². The van der Waals surface area contributed by atoms with Gasteiger partial charge in [0.2, 0.25) is 0 Å². The van der Waals surface area contributed by atoms with Gasteiger partial charge in [0.1, 0.15) is 11.6 Å². The number of hydrogen-bond donors (Lipinski definition) is 2. The Morgan fingerprint density at radius 2 is 1.53 bits per heavy atom. The Labute approximate surface area is 250 Å². The molecule has 2 aliphatic heterocycles. The van der Waals surface area contributed by atoms with E-state index in [9.17, 15) is 4.39 Å². The predicted octanol–water partition coefficient (Wildman–Crippen LogP) is 5.16. The number of para-hydroxylation sites is 1. The number of morpholine rings is 1. The zero-order valence-corrected chi connectivity index (χ0v) is 24.1. The second-order valence-electron chi connectivity index (χ2n) is 10.9. The van der Waals surface area contributed by atoms with E-state index >= 15 is 0 Å². The van der Waals surface area contributed by atoms with Crippen molar-refractivity contribution in [2.75, 3.05) is 55.8 Å². The van der Waals surface area contributed by atoms with Crippen LogP contribution in [0, 0.1) is 5.82 Å². The monoisotopic (exact) mass is 580 g/mol. The van der Waals surface area contributed by atoms with Gasteiger partial charge in [0.25, 0.3) is 0 Å². The Bertz CT molecular complexity index is 1630. The van der Waals surface area contributed by atoms with Gasteiger partial charge in [0.05, 0.1) is 36.5 Å². The first-order chi connectivity index (χ1) is 21.0. The average molecular weight is 581 g/mol. The Hall–Kier alpha value is -4.54. The molecular weight excluding hydrogens is 543 g/mol. The number of rotatable bonds is 5. The van der Waals surface area contributed by atoms with Crippen LogP contribution in [0.5, 0.6) is 0 Å². The summed E-state index contributed by atoms with van der Waals surface area (Å²) >= 11 is 0. The standard InChI is InChI=1S/C27H30FN7O.C6H7N/c28-23-16-20(6-7-24(23)29)25-31-26(34-12-14-36-15-13-34)22-17-30-35(27(22)32-25)21-8-10-33(11-9-21)18-19-4-2-1-3-5-19;7-6-4-2-1-3-5-6/h1-7,16-17,21H,8-15,18,29H2;1-5H,7H2. The molecule has 2 saturated heterocycles. The maximum atomic E-state index is 14.3. The van der Waals surface area contributed by atoms with Crippen molar-refractivity contribution in [2.45, 2.75) is 25.4 Å². The molecular formula is C33H37FN8O. The van der Waals surface area contributed by atoms with E-state index in [4.69, 9.17) is 31.3 Å². The largest absolute Gasteiger partial charge is 0.399 e. The van der Waals surface area contributed by atoms with E-state index in [1.54, 1.807) is 12.1 Å². The van der Waals surface area contributed by atoms with Crippen molar-refractivity contribution < 1.29 is 9.13 Å². The molecule has 2 fully saturated rings. The first-order valence-electron chi connectivity index (χ1n) is 14.8. The van der Waals surface area contributed by atoms with Crippen molar-refractivity contribution in [3.05, 3.63) is 96.4 Å². The SMILES string of the molecule is Nc1ccc(-c2nc(N3CCOCC3)c3cnn(C4CCN(Cc5ccccc5)CC4)c3n2)cc1F.Nc1ccccc1. The molecule has 0 radical (unpaired) electrons. The highest BCUT2D eigenvalue weighted by atomic mass is 19.1. The molecule has 2 aliphatic rings. The van der Waals surface area contributed by atoms with Crippen molar-refractivity contribution in [1.82, 2.24) is 24.6 Å². The first-order valence-corrected chi connectivity index (χ1v) is 14.8. The Morgan fingerprint density at radius 3 is 2.19 bits per heavy atom. The van der Waals surface area contributed by atoms with Gasteiger partial charge in [-0.25, -0.2) is 19.0 Å². The summed E-state index contributed by atoms with van der Waals surface area (Å²) in [5.41, 5.74) is 14.7. The normalized spacial score (nSPS) is 16.2. The molecule has 5 aromatic rings. The molecule has 10 heteroatoms. The van der Waals surface area contributed by atoms with Gasteiger partial charge in [-0.1, -0.05) is 48.5 Å². The number of anilines is 3. The quantitative estimate of drug-likeness (QED) is 0.275. The molecule has 0 bridgehead atoms. The fourth-order valence-corrected chi connectivity index (χ4v) is 5.61. The lowest BCUT2D eigenvalue weighted by atomic mass is 10.0. The fraction of sp³-hybridized carbons (Fsp3) is 0.303. The zero-order valence-electron chi connectivity index (χ0n) is 24.1. The zero-order chi connectivity index (χ0) is 29.6. The third kappa shape index (κ3) is 6.76. The molecule has 222 valence electrons. The van der Waals surface area contributed by atoms with Crippen molar-refractivity contribution >= 4 is 28.2 Å². The van der Waals surface area contributed by atoms with Crippen LogP contribution >= 0.6 is 0 Å². The van der Waals surface area contributed by atoms with Crippen molar-refractivity contribution in [1.29, 1.82) is 0 Å². The van der Waals surface area contributed by atoms with E-state index in [-0.39, 0.29) is 11.7 Å². The minimum absolute atomic E-state index is 0.112. The van der Waals surface area contributed by atoms with Crippen LogP contribution in [0.25, 0.3) is 22.4 Å². The van der Waals surface area contributed by atoms with E-state index in [0.29, 0.717) is 24.6 Å². The Kier molecular flexibility index (Phi) is 8.76. The number of benzene rings is 3. The van der Waals surface area contributed by atoms with Gasteiger partial charge in [-0.3, -0.25) is 4.90 Å². The maximum Gasteiger partial charge on any atom is 0.164 e. The van der Waals surface area contributed by atoms with Crippen LogP contribution in [-0.4, -0.2) is 64.0 Å². The molecule has 4 heterocycles. The van der Waals surface area contributed by atoms with E-state index in [1.165, 1.54) is 11.6 Å². The van der Waals surface area contributed by atoms with Crippen LogP contribution in [0.4, 0.5) is 21.6 Å². The third-order valence-electron chi connectivity index (χ3n) is 7.95. The van der Waals surface area contributed by atoms with Crippen LogP contribution in [0.3, 0.4) is 0 Å². The molecule has 2 aromatic heterocycles. The second kappa shape index (κ2) is 13.2. The smallest absolute Gasteiger partial charge is 0.164 e. The number of piperidine rings is 1. The summed E-state index contributed by atoms with van der Waals surface area (Å²) in [7, 11) is 0. The fourth-order valence-electron chi connectivity index (χ4n) is 5.61. The van der Waals surface area contributed by atoms with Gasteiger partial charge in [-0.05, 0) is 48.7 Å². The van der Waals surface area contributed by atoms with Gasteiger partial charge < -0.3 is 21.1 Å². The van der Waals surface area contributed by atoms with Crippen LogP contribution in [0.1, 0.15) is 24.4 Å². The number of halogens is 1. The third-order valence-corrected chi connectivity index (χ3v) is 7.95. The van der Waals surface area contributed by atoms with Gasteiger partial charge in [0.15, 0.2) is 11.5 Å². The highest BCUT2D eigenvalue weighted by molar-refractivity contribution is 5.89. The topological polar surface area (TPSA) is 111 Å². The lowest BCUT2D eigenvalue weighted by molar-refractivity contribution is 0.122. The number of nitrogens with two attached hydrogens (primary N) is 2. The van der Waals surface area contributed by atoms with Gasteiger partial charge in [-0.2, -0.15) is 5.10 Å².